The third-order valence-corrected chi connectivity index (χ3v) is 5.70. The van der Waals surface area contributed by atoms with Crippen LogP contribution in [0.25, 0.3) is 10.9 Å². The van der Waals surface area contributed by atoms with E-state index >= 15 is 0 Å². The van der Waals surface area contributed by atoms with Gasteiger partial charge in [-0.05, 0) is 31.2 Å². The van der Waals surface area contributed by atoms with Gasteiger partial charge >= 0.3 is 5.97 Å². The first-order valence-corrected chi connectivity index (χ1v) is 10.2. The van der Waals surface area contributed by atoms with Gasteiger partial charge in [0.2, 0.25) is 5.91 Å². The van der Waals surface area contributed by atoms with Crippen molar-refractivity contribution in [2.24, 2.45) is 0 Å². The molecule has 1 atom stereocenters. The molecule has 1 aromatic heterocycles. The number of carbonyl (C=O) groups excluding carboxylic acids is 1. The zero-order chi connectivity index (χ0) is 22.0. The molecule has 0 radical (unpaired) electrons. The second-order valence-electron chi connectivity index (χ2n) is 7.82. The molecule has 4 rings (SSSR count). The molecule has 1 aliphatic heterocycles. The Balaban J connectivity index is 1.41. The highest BCUT2D eigenvalue weighted by molar-refractivity contribution is 5.92. The SMILES string of the molecule is Cc1[nH]c2ccccc2c1[C@@H](C(=O)O)N1CCN(CC(=O)Nc2cccc(F)c2)CC1. The van der Waals surface area contributed by atoms with Crippen molar-refractivity contribution < 1.29 is 19.1 Å². The zero-order valence-corrected chi connectivity index (χ0v) is 17.3. The molecule has 0 bridgehead atoms. The summed E-state index contributed by atoms with van der Waals surface area (Å²) in [6.45, 7) is 4.28. The lowest BCUT2D eigenvalue weighted by Crippen LogP contribution is -2.50. The predicted octanol–water partition coefficient (Wildman–Crippen LogP) is 3.00. The molecular formula is C23H25FN4O3. The van der Waals surface area contributed by atoms with Crippen molar-refractivity contribution in [1.29, 1.82) is 0 Å². The summed E-state index contributed by atoms with van der Waals surface area (Å²) in [5.41, 5.74) is 2.99. The Hall–Kier alpha value is -3.23. The van der Waals surface area contributed by atoms with Crippen molar-refractivity contribution in [3.63, 3.8) is 0 Å². The molecule has 0 spiro atoms. The van der Waals surface area contributed by atoms with Gasteiger partial charge in [-0.15, -0.1) is 0 Å². The number of carboxylic acid groups (broad SMARTS) is 1. The van der Waals surface area contributed by atoms with Crippen molar-refractivity contribution in [2.45, 2.75) is 13.0 Å². The van der Waals surface area contributed by atoms with Crippen molar-refractivity contribution in [3.8, 4) is 0 Å². The zero-order valence-electron chi connectivity index (χ0n) is 17.3. The average molecular weight is 424 g/mol. The fraction of sp³-hybridized carbons (Fsp3) is 0.304. The van der Waals surface area contributed by atoms with Crippen LogP contribution in [0, 0.1) is 12.7 Å². The standard InChI is InChI=1S/C23H25FN4O3/c1-15-21(18-7-2-3-8-19(18)25-15)22(23(30)31)28-11-9-27(10-12-28)14-20(29)26-17-6-4-5-16(24)13-17/h2-8,13,22,25H,9-12,14H2,1H3,(H,26,29)(H,30,31)/t22-/m0/s1. The lowest BCUT2D eigenvalue weighted by Gasteiger charge is -2.37. The van der Waals surface area contributed by atoms with Gasteiger partial charge in [0.15, 0.2) is 0 Å². The van der Waals surface area contributed by atoms with Gasteiger partial charge in [-0.1, -0.05) is 24.3 Å². The largest absolute Gasteiger partial charge is 0.480 e. The number of nitrogens with zero attached hydrogens (tertiary/aromatic N) is 2. The molecule has 1 fully saturated rings. The van der Waals surface area contributed by atoms with Gasteiger partial charge in [0.05, 0.1) is 6.54 Å². The lowest BCUT2D eigenvalue weighted by atomic mass is 10.0. The molecule has 7 nitrogen and oxygen atoms in total. The Bertz CT molecular complexity index is 1110. The number of nitrogens with one attached hydrogen (secondary N) is 2. The van der Waals surface area contributed by atoms with Crippen LogP contribution in [0.4, 0.5) is 10.1 Å². The lowest BCUT2D eigenvalue weighted by molar-refractivity contribution is -0.144. The summed E-state index contributed by atoms with van der Waals surface area (Å²) in [6, 6.07) is 12.7. The third kappa shape index (κ3) is 4.60. The third-order valence-electron chi connectivity index (χ3n) is 5.70. The second-order valence-corrected chi connectivity index (χ2v) is 7.82. The number of H-pyrrole nitrogens is 1. The number of halogens is 1. The van der Waals surface area contributed by atoms with E-state index in [9.17, 15) is 19.1 Å². The van der Waals surface area contributed by atoms with Gasteiger partial charge in [0, 0.05) is 54.0 Å². The van der Waals surface area contributed by atoms with Gasteiger partial charge in [-0.3, -0.25) is 19.4 Å². The number of aryl methyl sites for hydroxylation is 1. The number of hydrogen-bond donors (Lipinski definition) is 3. The number of fused-ring (bicyclic) bond motifs is 1. The summed E-state index contributed by atoms with van der Waals surface area (Å²) < 4.78 is 13.3. The van der Waals surface area contributed by atoms with Crippen LogP contribution in [0.15, 0.2) is 48.5 Å². The number of aromatic amines is 1. The smallest absolute Gasteiger partial charge is 0.325 e. The molecule has 0 aliphatic carbocycles. The van der Waals surface area contributed by atoms with Crippen LogP contribution < -0.4 is 5.32 Å². The number of piperazine rings is 1. The van der Waals surface area contributed by atoms with E-state index in [0.29, 0.717) is 31.9 Å². The first-order valence-electron chi connectivity index (χ1n) is 10.2. The predicted molar refractivity (Wildman–Crippen MR) is 116 cm³/mol. The topological polar surface area (TPSA) is 88.7 Å². The number of aromatic nitrogens is 1. The molecule has 2 aromatic carbocycles. The highest BCUT2D eigenvalue weighted by atomic mass is 19.1. The number of amides is 1. The molecule has 1 amide bonds. The van der Waals surface area contributed by atoms with Crippen LogP contribution in [-0.2, 0) is 9.59 Å². The van der Waals surface area contributed by atoms with Gasteiger partial charge in [-0.2, -0.15) is 0 Å². The van der Waals surface area contributed by atoms with Gasteiger partial charge in [0.25, 0.3) is 0 Å². The van der Waals surface area contributed by atoms with Crippen LogP contribution in [0.3, 0.4) is 0 Å². The molecule has 2 heterocycles. The van der Waals surface area contributed by atoms with Crippen LogP contribution in [0.1, 0.15) is 17.3 Å². The van der Waals surface area contributed by atoms with E-state index in [1.165, 1.54) is 12.1 Å². The maximum absolute atomic E-state index is 13.3. The molecule has 1 aliphatic rings. The van der Waals surface area contributed by atoms with E-state index in [-0.39, 0.29) is 12.5 Å². The normalized spacial score (nSPS) is 16.3. The fourth-order valence-corrected chi connectivity index (χ4v) is 4.26. The minimum atomic E-state index is -0.884. The first-order chi connectivity index (χ1) is 14.9. The quantitative estimate of drug-likeness (QED) is 0.566. The van der Waals surface area contributed by atoms with Crippen LogP contribution >= 0.6 is 0 Å². The fourth-order valence-electron chi connectivity index (χ4n) is 4.26. The minimum Gasteiger partial charge on any atom is -0.480 e. The van der Waals surface area contributed by atoms with E-state index in [4.69, 9.17) is 0 Å². The van der Waals surface area contributed by atoms with Crippen LogP contribution in [0.2, 0.25) is 0 Å². The van der Waals surface area contributed by atoms with E-state index in [0.717, 1.165) is 22.2 Å². The molecule has 162 valence electrons. The Labute approximate surface area is 179 Å². The first kappa shape index (κ1) is 21.0. The summed E-state index contributed by atoms with van der Waals surface area (Å²) in [7, 11) is 0. The van der Waals surface area contributed by atoms with Gasteiger partial charge < -0.3 is 15.4 Å². The summed E-state index contributed by atoms with van der Waals surface area (Å²) >= 11 is 0. The number of benzene rings is 2. The molecule has 3 aromatic rings. The van der Waals surface area contributed by atoms with Crippen molar-refractivity contribution in [3.05, 3.63) is 65.6 Å². The molecule has 8 heteroatoms. The molecule has 31 heavy (non-hydrogen) atoms. The second kappa shape index (κ2) is 8.87. The van der Waals surface area contributed by atoms with E-state index < -0.39 is 17.8 Å². The number of anilines is 1. The van der Waals surface area contributed by atoms with Crippen LogP contribution in [0.5, 0.6) is 0 Å². The highest BCUT2D eigenvalue weighted by Gasteiger charge is 2.33. The Morgan fingerprint density at radius 2 is 1.87 bits per heavy atom. The Morgan fingerprint density at radius 3 is 2.58 bits per heavy atom. The summed E-state index contributed by atoms with van der Waals surface area (Å²) in [5, 5.41) is 13.6. The summed E-state index contributed by atoms with van der Waals surface area (Å²) in [5.74, 6) is -1.51. The van der Waals surface area contributed by atoms with Crippen molar-refractivity contribution >= 4 is 28.5 Å². The van der Waals surface area contributed by atoms with E-state index in [2.05, 4.69) is 10.3 Å². The van der Waals surface area contributed by atoms with E-state index in [1.807, 2.05) is 41.0 Å². The molecule has 0 unspecified atom stereocenters. The molecule has 0 saturated carbocycles. The number of carboxylic acids is 1. The summed E-state index contributed by atoms with van der Waals surface area (Å²) in [4.78, 5) is 31.7. The van der Waals surface area contributed by atoms with Crippen molar-refractivity contribution in [1.82, 2.24) is 14.8 Å². The van der Waals surface area contributed by atoms with E-state index in [1.54, 1.807) is 12.1 Å². The summed E-state index contributed by atoms with van der Waals surface area (Å²) in [6.07, 6.45) is 0. The average Bonchev–Trinajstić information content (AvgIpc) is 3.05. The maximum atomic E-state index is 13.3. The number of aliphatic carboxylic acids is 1. The monoisotopic (exact) mass is 424 g/mol. The number of hydrogen-bond acceptors (Lipinski definition) is 4. The Kier molecular flexibility index (Phi) is 6.01. The molecule has 3 N–H and O–H groups in total. The van der Waals surface area contributed by atoms with Crippen LogP contribution in [-0.4, -0.2) is 64.5 Å². The van der Waals surface area contributed by atoms with Gasteiger partial charge in [-0.25, -0.2) is 4.39 Å². The van der Waals surface area contributed by atoms with Gasteiger partial charge in [0.1, 0.15) is 11.9 Å². The number of rotatable bonds is 6. The molecular weight excluding hydrogens is 399 g/mol. The number of para-hydroxylation sites is 1. The van der Waals surface area contributed by atoms with Crippen molar-refractivity contribution in [2.75, 3.05) is 38.0 Å². The number of carbonyl (C=O) groups is 2. The minimum absolute atomic E-state index is 0.175. The molecule has 1 saturated heterocycles. The highest BCUT2D eigenvalue weighted by Crippen LogP contribution is 2.32. The maximum Gasteiger partial charge on any atom is 0.325 e. The Morgan fingerprint density at radius 1 is 1.13 bits per heavy atom.